The number of fused-ring (bicyclic) bond motifs is 1. The third kappa shape index (κ3) is 5.22. The van der Waals surface area contributed by atoms with E-state index in [2.05, 4.69) is 20.6 Å². The van der Waals surface area contributed by atoms with Crippen LogP contribution >= 0.6 is 35.3 Å². The van der Waals surface area contributed by atoms with Gasteiger partial charge in [0.25, 0.3) is 0 Å². The molecule has 2 N–H and O–H groups in total. The minimum Gasteiger partial charge on any atom is -0.488 e. The molecular formula is C16H18F3IN4OS. The molecule has 26 heavy (non-hydrogen) atoms. The number of hydrogen-bond donors (Lipinski definition) is 2. The van der Waals surface area contributed by atoms with Gasteiger partial charge in [-0.3, -0.25) is 4.99 Å². The molecule has 0 saturated heterocycles. The average molecular weight is 498 g/mol. The normalized spacial score (nSPS) is 16.5. The Kier molecular flexibility index (Phi) is 7.09. The maximum absolute atomic E-state index is 12.5. The van der Waals surface area contributed by atoms with Crippen LogP contribution in [0.3, 0.4) is 0 Å². The summed E-state index contributed by atoms with van der Waals surface area (Å²) in [6.45, 7) is 0.714. The van der Waals surface area contributed by atoms with Gasteiger partial charge in [0.05, 0.1) is 13.1 Å². The maximum atomic E-state index is 12.5. The highest BCUT2D eigenvalue weighted by Gasteiger charge is 2.33. The van der Waals surface area contributed by atoms with Crippen molar-refractivity contribution in [1.29, 1.82) is 0 Å². The SMILES string of the molecule is CN=C(NCc1nc(C(F)(F)F)cs1)NCC1Cc2ccccc2O1.I. The number of halogens is 4. The van der Waals surface area contributed by atoms with Gasteiger partial charge in [0.2, 0.25) is 0 Å². The van der Waals surface area contributed by atoms with Crippen LogP contribution in [0.4, 0.5) is 13.2 Å². The second-order valence-corrected chi connectivity index (χ2v) is 6.43. The van der Waals surface area contributed by atoms with Crippen molar-refractivity contribution >= 4 is 41.3 Å². The van der Waals surface area contributed by atoms with Gasteiger partial charge in [-0.2, -0.15) is 13.2 Å². The highest BCUT2D eigenvalue weighted by molar-refractivity contribution is 14.0. The topological polar surface area (TPSA) is 58.5 Å². The van der Waals surface area contributed by atoms with Crippen LogP contribution in [-0.2, 0) is 19.1 Å². The molecule has 1 unspecified atom stereocenters. The number of guanidine groups is 1. The van der Waals surface area contributed by atoms with Gasteiger partial charge in [-0.25, -0.2) is 4.98 Å². The Bertz CT molecular complexity index is 741. The number of para-hydroxylation sites is 1. The summed E-state index contributed by atoms with van der Waals surface area (Å²) >= 11 is 0.963. The minimum atomic E-state index is -4.41. The Morgan fingerprint density at radius 3 is 2.77 bits per heavy atom. The molecule has 0 radical (unpaired) electrons. The molecule has 5 nitrogen and oxygen atoms in total. The summed E-state index contributed by atoms with van der Waals surface area (Å²) in [6.07, 6.45) is -3.61. The largest absolute Gasteiger partial charge is 0.488 e. The predicted octanol–water partition coefficient (Wildman–Crippen LogP) is 3.45. The summed E-state index contributed by atoms with van der Waals surface area (Å²) in [5.74, 6) is 1.38. The second kappa shape index (κ2) is 8.89. The van der Waals surface area contributed by atoms with Gasteiger partial charge in [-0.15, -0.1) is 35.3 Å². The smallest absolute Gasteiger partial charge is 0.434 e. The van der Waals surface area contributed by atoms with Crippen LogP contribution in [0.1, 0.15) is 16.3 Å². The zero-order chi connectivity index (χ0) is 17.9. The Balaban J connectivity index is 0.00000243. The molecule has 1 aliphatic rings. The summed E-state index contributed by atoms with van der Waals surface area (Å²) in [5, 5.41) is 7.44. The number of nitrogens with zero attached hydrogens (tertiary/aromatic N) is 2. The molecule has 10 heteroatoms. The van der Waals surface area contributed by atoms with E-state index < -0.39 is 11.9 Å². The molecule has 0 aliphatic carbocycles. The van der Waals surface area contributed by atoms with Crippen LogP contribution in [0.15, 0.2) is 34.6 Å². The zero-order valence-corrected chi connectivity index (χ0v) is 17.0. The van der Waals surface area contributed by atoms with Crippen molar-refractivity contribution in [3.8, 4) is 5.75 Å². The standard InChI is InChI=1S/C16H17F3N4OS.HI/c1-20-15(22-8-14-23-13(9-25-14)16(17,18)19)21-7-11-6-10-4-2-3-5-12(10)24-11;/h2-5,9,11H,6-8H2,1H3,(H2,20,21,22);1H. The number of thiazole rings is 1. The lowest BCUT2D eigenvalue weighted by Crippen LogP contribution is -2.41. The number of rotatable bonds is 4. The fraction of sp³-hybridized carbons (Fsp3) is 0.375. The van der Waals surface area contributed by atoms with E-state index in [1.807, 2.05) is 24.3 Å². The van der Waals surface area contributed by atoms with Gasteiger partial charge in [-0.05, 0) is 11.6 Å². The molecule has 1 atom stereocenters. The highest BCUT2D eigenvalue weighted by Crippen LogP contribution is 2.30. The third-order valence-corrected chi connectivity index (χ3v) is 4.53. The predicted molar refractivity (Wildman–Crippen MR) is 105 cm³/mol. The molecule has 142 valence electrons. The molecule has 1 aliphatic heterocycles. The molecule has 2 heterocycles. The summed E-state index contributed by atoms with van der Waals surface area (Å²) < 4.78 is 43.5. The molecule has 3 rings (SSSR count). The number of hydrogen-bond acceptors (Lipinski definition) is 4. The van der Waals surface area contributed by atoms with E-state index in [0.717, 1.165) is 28.9 Å². The van der Waals surface area contributed by atoms with Crippen molar-refractivity contribution in [2.45, 2.75) is 25.2 Å². The lowest BCUT2D eigenvalue weighted by atomic mass is 10.1. The van der Waals surface area contributed by atoms with E-state index in [9.17, 15) is 13.2 Å². The molecular weight excluding hydrogens is 480 g/mol. The summed E-state index contributed by atoms with van der Waals surface area (Å²) in [7, 11) is 1.60. The first-order valence-electron chi connectivity index (χ1n) is 7.66. The molecule has 0 spiro atoms. The van der Waals surface area contributed by atoms with Crippen molar-refractivity contribution in [2.24, 2.45) is 4.99 Å². The summed E-state index contributed by atoms with van der Waals surface area (Å²) in [6, 6.07) is 7.87. The Hall–Kier alpha value is -1.56. The second-order valence-electron chi connectivity index (χ2n) is 5.48. The fourth-order valence-corrected chi connectivity index (χ4v) is 3.22. The maximum Gasteiger partial charge on any atom is 0.434 e. The third-order valence-electron chi connectivity index (χ3n) is 3.68. The van der Waals surface area contributed by atoms with Crippen molar-refractivity contribution in [2.75, 3.05) is 13.6 Å². The lowest BCUT2D eigenvalue weighted by molar-refractivity contribution is -0.140. The van der Waals surface area contributed by atoms with Gasteiger partial charge < -0.3 is 15.4 Å². The number of aromatic nitrogens is 1. The van der Waals surface area contributed by atoms with Crippen molar-refractivity contribution in [1.82, 2.24) is 15.6 Å². The van der Waals surface area contributed by atoms with Crippen LogP contribution in [0.5, 0.6) is 5.75 Å². The van der Waals surface area contributed by atoms with Crippen molar-refractivity contribution < 1.29 is 17.9 Å². The summed E-state index contributed by atoms with van der Waals surface area (Å²) in [5.41, 5.74) is 0.300. The molecule has 2 aromatic rings. The molecule has 1 aromatic heterocycles. The van der Waals surface area contributed by atoms with Crippen molar-refractivity contribution in [3.05, 3.63) is 45.9 Å². The Morgan fingerprint density at radius 2 is 2.12 bits per heavy atom. The number of nitrogens with one attached hydrogen (secondary N) is 2. The molecule has 0 saturated carbocycles. The first-order valence-corrected chi connectivity index (χ1v) is 8.54. The first-order chi connectivity index (χ1) is 12.0. The minimum absolute atomic E-state index is 0. The number of aliphatic imine (C=N–C) groups is 1. The molecule has 1 aromatic carbocycles. The van der Waals surface area contributed by atoms with Gasteiger partial charge in [0.15, 0.2) is 11.7 Å². The van der Waals surface area contributed by atoms with E-state index in [1.165, 1.54) is 5.56 Å². The fourth-order valence-electron chi connectivity index (χ4n) is 2.48. The summed E-state index contributed by atoms with van der Waals surface area (Å²) in [4.78, 5) is 7.64. The van der Waals surface area contributed by atoms with Crippen molar-refractivity contribution in [3.63, 3.8) is 0 Å². The number of alkyl halides is 3. The molecule has 0 fully saturated rings. The van der Waals surface area contributed by atoms with Gasteiger partial charge in [0, 0.05) is 18.8 Å². The van der Waals surface area contributed by atoms with E-state index in [0.29, 0.717) is 17.5 Å². The van der Waals surface area contributed by atoms with Crippen LogP contribution in [0.25, 0.3) is 0 Å². The first kappa shape index (κ1) is 20.7. The van der Waals surface area contributed by atoms with Gasteiger partial charge in [-0.1, -0.05) is 18.2 Å². The van der Waals surface area contributed by atoms with Crippen LogP contribution in [-0.4, -0.2) is 30.6 Å². The number of benzene rings is 1. The van der Waals surface area contributed by atoms with Crippen LogP contribution in [0, 0.1) is 0 Å². The Morgan fingerprint density at radius 1 is 1.35 bits per heavy atom. The zero-order valence-electron chi connectivity index (χ0n) is 13.8. The van der Waals surface area contributed by atoms with E-state index in [-0.39, 0.29) is 36.6 Å². The number of ether oxygens (including phenoxy) is 1. The highest BCUT2D eigenvalue weighted by atomic mass is 127. The quantitative estimate of drug-likeness (QED) is 0.386. The van der Waals surface area contributed by atoms with Gasteiger partial charge in [0.1, 0.15) is 16.9 Å². The Labute approximate surface area is 170 Å². The van der Waals surface area contributed by atoms with E-state index in [4.69, 9.17) is 4.74 Å². The monoisotopic (exact) mass is 498 g/mol. The van der Waals surface area contributed by atoms with Crippen LogP contribution in [0.2, 0.25) is 0 Å². The van der Waals surface area contributed by atoms with Gasteiger partial charge >= 0.3 is 6.18 Å². The average Bonchev–Trinajstić information content (AvgIpc) is 3.21. The molecule has 0 amide bonds. The molecule has 0 bridgehead atoms. The van der Waals surface area contributed by atoms with Crippen LogP contribution < -0.4 is 15.4 Å². The van der Waals surface area contributed by atoms with E-state index >= 15 is 0 Å². The lowest BCUT2D eigenvalue weighted by Gasteiger charge is -2.15. The van der Waals surface area contributed by atoms with E-state index in [1.54, 1.807) is 7.05 Å².